The van der Waals surface area contributed by atoms with Crippen molar-refractivity contribution in [3.63, 3.8) is 0 Å². The fraction of sp³-hybridized carbons (Fsp3) is 0.280. The molecule has 1 aromatic heterocycles. The van der Waals surface area contributed by atoms with Gasteiger partial charge < -0.3 is 15.4 Å². The van der Waals surface area contributed by atoms with Gasteiger partial charge in [0.15, 0.2) is 0 Å². The van der Waals surface area contributed by atoms with E-state index >= 15 is 0 Å². The number of ether oxygens (including phenoxy) is 1. The quantitative estimate of drug-likeness (QED) is 0.547. The molecule has 160 valence electrons. The van der Waals surface area contributed by atoms with Crippen molar-refractivity contribution in [2.24, 2.45) is 0 Å². The van der Waals surface area contributed by atoms with Crippen molar-refractivity contribution in [1.29, 1.82) is 0 Å². The lowest BCUT2D eigenvalue weighted by molar-refractivity contribution is -0.0191. The summed E-state index contributed by atoms with van der Waals surface area (Å²) in [4.78, 5) is 10.8. The van der Waals surface area contributed by atoms with Gasteiger partial charge in [0, 0.05) is 11.6 Å². The second-order valence-corrected chi connectivity index (χ2v) is 7.82. The van der Waals surface area contributed by atoms with Crippen LogP contribution in [0.15, 0.2) is 73.7 Å². The monoisotopic (exact) mass is 418 g/mol. The summed E-state index contributed by atoms with van der Waals surface area (Å²) in [5.74, 6) is 0.980. The van der Waals surface area contributed by atoms with Gasteiger partial charge in [-0.1, -0.05) is 49.0 Å². The normalized spacial score (nSPS) is 17.7. The van der Waals surface area contributed by atoms with E-state index in [-0.39, 0.29) is 18.0 Å². The molecule has 1 aliphatic rings. The molecule has 0 aliphatic heterocycles. The number of nitrogen functional groups attached to an aromatic ring is 1. The summed E-state index contributed by atoms with van der Waals surface area (Å²) < 4.78 is 19.6. The van der Waals surface area contributed by atoms with Gasteiger partial charge in [0.05, 0.1) is 12.7 Å². The molecule has 31 heavy (non-hydrogen) atoms. The summed E-state index contributed by atoms with van der Waals surface area (Å²) in [6.45, 7) is 4.61. The maximum atomic E-state index is 13.5. The first-order valence-electron chi connectivity index (χ1n) is 10.5. The Morgan fingerprint density at radius 3 is 2.58 bits per heavy atom. The van der Waals surface area contributed by atoms with Crippen LogP contribution >= 0.6 is 0 Å². The van der Waals surface area contributed by atoms with Crippen LogP contribution in [0.4, 0.5) is 16.0 Å². The molecule has 1 aliphatic carbocycles. The maximum absolute atomic E-state index is 13.5. The third kappa shape index (κ3) is 5.09. The SMILES string of the molecule is C=CN(c1ncnc(N)c1CCc1cccc(F)c1)[C@H]1C[C@H](OCc2ccccc2)C1. The molecular weight excluding hydrogens is 391 g/mol. The summed E-state index contributed by atoms with van der Waals surface area (Å²) in [5, 5.41) is 0. The van der Waals surface area contributed by atoms with Crippen molar-refractivity contribution in [1.82, 2.24) is 9.97 Å². The number of halogens is 1. The minimum Gasteiger partial charge on any atom is -0.383 e. The van der Waals surface area contributed by atoms with E-state index in [9.17, 15) is 4.39 Å². The second kappa shape index (κ2) is 9.71. The predicted molar refractivity (Wildman–Crippen MR) is 121 cm³/mol. The molecule has 0 bridgehead atoms. The van der Waals surface area contributed by atoms with E-state index in [1.807, 2.05) is 24.3 Å². The number of aryl methyl sites for hydroxylation is 1. The van der Waals surface area contributed by atoms with E-state index in [0.717, 1.165) is 29.8 Å². The van der Waals surface area contributed by atoms with E-state index in [0.29, 0.717) is 25.3 Å². The van der Waals surface area contributed by atoms with Crippen molar-refractivity contribution >= 4 is 11.6 Å². The summed E-state index contributed by atoms with van der Waals surface area (Å²) in [6, 6.07) is 17.1. The molecule has 0 atom stereocenters. The minimum atomic E-state index is -0.237. The predicted octanol–water partition coefficient (Wildman–Crippen LogP) is 4.68. The Morgan fingerprint density at radius 1 is 1.06 bits per heavy atom. The molecule has 2 aromatic carbocycles. The van der Waals surface area contributed by atoms with Crippen LogP contribution in [0, 0.1) is 5.82 Å². The highest BCUT2D eigenvalue weighted by atomic mass is 19.1. The number of hydrogen-bond donors (Lipinski definition) is 1. The Morgan fingerprint density at radius 2 is 1.84 bits per heavy atom. The highest BCUT2D eigenvalue weighted by molar-refractivity contribution is 5.59. The highest BCUT2D eigenvalue weighted by Gasteiger charge is 2.35. The number of benzene rings is 2. The molecule has 1 fully saturated rings. The lowest BCUT2D eigenvalue weighted by Crippen LogP contribution is -2.46. The Hall–Kier alpha value is -3.25. The summed E-state index contributed by atoms with van der Waals surface area (Å²) in [6.07, 6.45) is 6.55. The van der Waals surface area contributed by atoms with E-state index in [1.54, 1.807) is 18.3 Å². The zero-order valence-corrected chi connectivity index (χ0v) is 17.5. The van der Waals surface area contributed by atoms with E-state index in [1.165, 1.54) is 18.0 Å². The molecule has 1 heterocycles. The Kier molecular flexibility index (Phi) is 6.57. The number of nitrogens with zero attached hydrogens (tertiary/aromatic N) is 3. The van der Waals surface area contributed by atoms with Crippen LogP contribution < -0.4 is 10.6 Å². The molecule has 5 nitrogen and oxygen atoms in total. The van der Waals surface area contributed by atoms with Gasteiger partial charge in [0.25, 0.3) is 0 Å². The standard InChI is InChI=1S/C25H27FN4O/c1-2-30(21-14-22(15-21)31-16-19-7-4-3-5-8-19)25-23(24(27)28-17-29-25)12-11-18-9-6-10-20(26)13-18/h2-10,13,17,21-22H,1,11-12,14-16H2,(H2,27,28,29)/t21-,22-. The molecule has 0 amide bonds. The van der Waals surface area contributed by atoms with Crippen molar-refractivity contribution < 1.29 is 9.13 Å². The van der Waals surface area contributed by atoms with E-state index in [2.05, 4.69) is 33.6 Å². The Bertz CT molecular complexity index is 1020. The van der Waals surface area contributed by atoms with Crippen LogP contribution in [0.5, 0.6) is 0 Å². The molecule has 0 spiro atoms. The average Bonchev–Trinajstić information content (AvgIpc) is 2.75. The van der Waals surface area contributed by atoms with E-state index < -0.39 is 0 Å². The highest BCUT2D eigenvalue weighted by Crippen LogP contribution is 2.34. The van der Waals surface area contributed by atoms with Gasteiger partial charge in [0.1, 0.15) is 23.8 Å². The van der Waals surface area contributed by atoms with Gasteiger partial charge >= 0.3 is 0 Å². The number of aromatic nitrogens is 2. The van der Waals surface area contributed by atoms with Gasteiger partial charge in [-0.3, -0.25) is 0 Å². The van der Waals surface area contributed by atoms with Gasteiger partial charge in [-0.05, 0) is 55.1 Å². The van der Waals surface area contributed by atoms with Crippen LogP contribution in [-0.4, -0.2) is 22.1 Å². The van der Waals surface area contributed by atoms with Crippen LogP contribution in [0.2, 0.25) is 0 Å². The smallest absolute Gasteiger partial charge is 0.141 e. The van der Waals surface area contributed by atoms with Crippen LogP contribution in [0.3, 0.4) is 0 Å². The molecule has 0 unspecified atom stereocenters. The molecule has 2 N–H and O–H groups in total. The maximum Gasteiger partial charge on any atom is 0.141 e. The fourth-order valence-corrected chi connectivity index (χ4v) is 3.94. The van der Waals surface area contributed by atoms with E-state index in [4.69, 9.17) is 10.5 Å². The zero-order chi connectivity index (χ0) is 21.6. The van der Waals surface area contributed by atoms with Crippen molar-refractivity contribution in [3.05, 3.63) is 96.2 Å². The molecule has 3 aromatic rings. The summed E-state index contributed by atoms with van der Waals surface area (Å²) in [5.41, 5.74) is 9.15. The summed E-state index contributed by atoms with van der Waals surface area (Å²) >= 11 is 0. The Labute approximate surface area is 182 Å². The minimum absolute atomic E-state index is 0.211. The van der Waals surface area contributed by atoms with Crippen LogP contribution in [0.25, 0.3) is 0 Å². The number of nitrogens with two attached hydrogens (primary N) is 1. The average molecular weight is 419 g/mol. The van der Waals surface area contributed by atoms with Crippen molar-refractivity contribution in [2.75, 3.05) is 10.6 Å². The largest absolute Gasteiger partial charge is 0.383 e. The van der Waals surface area contributed by atoms with Crippen LogP contribution in [-0.2, 0) is 24.2 Å². The Balaban J connectivity index is 1.40. The van der Waals surface area contributed by atoms with Gasteiger partial charge in [0.2, 0.25) is 0 Å². The lowest BCUT2D eigenvalue weighted by Gasteiger charge is -2.42. The molecule has 4 rings (SSSR count). The van der Waals surface area contributed by atoms with Gasteiger partial charge in [-0.25, -0.2) is 14.4 Å². The van der Waals surface area contributed by atoms with Gasteiger partial charge in [-0.2, -0.15) is 0 Å². The third-order valence-electron chi connectivity index (χ3n) is 5.74. The lowest BCUT2D eigenvalue weighted by atomic mass is 9.87. The van der Waals surface area contributed by atoms with Gasteiger partial charge in [-0.15, -0.1) is 0 Å². The molecule has 0 saturated heterocycles. The van der Waals surface area contributed by atoms with Crippen LogP contribution in [0.1, 0.15) is 29.5 Å². The second-order valence-electron chi connectivity index (χ2n) is 7.82. The molecule has 1 saturated carbocycles. The zero-order valence-electron chi connectivity index (χ0n) is 17.5. The fourth-order valence-electron chi connectivity index (χ4n) is 3.94. The first-order chi connectivity index (χ1) is 15.1. The molecular formula is C25H27FN4O. The summed E-state index contributed by atoms with van der Waals surface area (Å²) in [7, 11) is 0. The molecule has 6 heteroatoms. The number of hydrogen-bond acceptors (Lipinski definition) is 5. The number of rotatable bonds is 9. The number of anilines is 2. The topological polar surface area (TPSA) is 64.3 Å². The first-order valence-corrected chi connectivity index (χ1v) is 10.5. The van der Waals surface area contributed by atoms with Crippen molar-refractivity contribution in [3.8, 4) is 0 Å². The first kappa shape index (κ1) is 21.0. The van der Waals surface area contributed by atoms with Crippen molar-refractivity contribution in [2.45, 2.75) is 44.4 Å². The third-order valence-corrected chi connectivity index (χ3v) is 5.74. The molecule has 0 radical (unpaired) electrons.